The minimum absolute atomic E-state index is 0.0110. The van der Waals surface area contributed by atoms with Crippen LogP contribution in [0.15, 0.2) is 71.9 Å². The van der Waals surface area contributed by atoms with E-state index in [0.717, 1.165) is 84.1 Å². The number of quaternary nitrogens is 2. The molecule has 3 atom stereocenters. The number of benzene rings is 3. The monoisotopic (exact) mass is 711 g/mol. The molecule has 2 bridgehead atoms. The van der Waals surface area contributed by atoms with Gasteiger partial charge in [-0.1, -0.05) is 51.1 Å². The lowest BCUT2D eigenvalue weighted by atomic mass is 9.74. The number of piperazine rings is 3. The Hall–Kier alpha value is -5.14. The number of ether oxygens (including phenoxy) is 2. The standard InChI is InChI=1S/C39H44N5O8/c1-24(2)34-35-25(3)31(36(41(35)37(34)46)39(48)52-38(47)27-10-12-28(13-11-27)42(49)50)23-51-32-9-5-7-29-26(6-4-8-30(29)32)14-15-43-16-19-44(20-17-43,21-18-43)22-33(40)45/h4-13,24-25,34-35H,14-23H2,1-3H3,(H-,40,45)/q+1/p+1/t25-,34+,35+,43?,44?/m0/s1. The molecule has 5 aliphatic heterocycles. The molecule has 5 heterocycles. The number of fused-ring (bicyclic) bond motifs is 5. The maximum atomic E-state index is 13.7. The normalized spacial score (nSPS) is 26.3. The van der Waals surface area contributed by atoms with E-state index in [4.69, 9.17) is 15.2 Å². The van der Waals surface area contributed by atoms with Crippen LogP contribution in [0.1, 0.15) is 36.7 Å². The van der Waals surface area contributed by atoms with E-state index in [1.54, 1.807) is 0 Å². The van der Waals surface area contributed by atoms with Gasteiger partial charge in [0.2, 0.25) is 5.91 Å². The molecule has 13 heteroatoms. The molecule has 4 saturated heterocycles. The fraction of sp³-hybridized carbons (Fsp3) is 0.436. The Balaban J connectivity index is 1.10. The van der Waals surface area contributed by atoms with Crippen molar-refractivity contribution >= 4 is 40.2 Å². The van der Waals surface area contributed by atoms with Crippen LogP contribution in [0.5, 0.6) is 5.75 Å². The number of esters is 2. The molecule has 5 aliphatic rings. The fourth-order valence-corrected chi connectivity index (χ4v) is 8.97. The van der Waals surface area contributed by atoms with Crippen LogP contribution in [0.2, 0.25) is 0 Å². The van der Waals surface area contributed by atoms with Gasteiger partial charge in [0.15, 0.2) is 6.54 Å². The fourth-order valence-electron chi connectivity index (χ4n) is 8.97. The van der Waals surface area contributed by atoms with Crippen molar-refractivity contribution in [3.05, 3.63) is 93.2 Å². The average Bonchev–Trinajstić information content (AvgIpc) is 3.37. The van der Waals surface area contributed by atoms with Gasteiger partial charge in [0.25, 0.3) is 11.6 Å². The Kier molecular flexibility index (Phi) is 9.12. The molecule has 3 aromatic carbocycles. The first-order valence-electron chi connectivity index (χ1n) is 18.0. The first kappa shape index (κ1) is 35.3. The Bertz CT molecular complexity index is 1980. The van der Waals surface area contributed by atoms with E-state index in [1.165, 1.54) is 22.6 Å². The molecule has 3 aromatic rings. The average molecular weight is 712 g/mol. The molecule has 0 unspecified atom stereocenters. The maximum absolute atomic E-state index is 13.7. The molecule has 0 aromatic heterocycles. The van der Waals surface area contributed by atoms with Crippen LogP contribution in [0.4, 0.5) is 5.69 Å². The smallest absolute Gasteiger partial charge is 0.363 e. The van der Waals surface area contributed by atoms with Crippen molar-refractivity contribution in [3.8, 4) is 5.75 Å². The summed E-state index contributed by atoms with van der Waals surface area (Å²) in [6, 6.07) is 16.7. The third-order valence-corrected chi connectivity index (χ3v) is 12.1. The Labute approximate surface area is 301 Å². The summed E-state index contributed by atoms with van der Waals surface area (Å²) in [4.78, 5) is 63.6. The minimum atomic E-state index is -0.970. The highest BCUT2D eigenvalue weighted by molar-refractivity contribution is 6.06. The molecule has 0 radical (unpaired) electrons. The third-order valence-electron chi connectivity index (χ3n) is 12.1. The summed E-state index contributed by atoms with van der Waals surface area (Å²) in [6.07, 6.45) is 0.896. The zero-order valence-corrected chi connectivity index (χ0v) is 29.8. The van der Waals surface area contributed by atoms with E-state index in [2.05, 4.69) is 12.1 Å². The summed E-state index contributed by atoms with van der Waals surface area (Å²) in [7, 11) is 0. The number of carbonyl (C=O) groups excluding carboxylic acids is 4. The second kappa shape index (κ2) is 13.4. The summed E-state index contributed by atoms with van der Waals surface area (Å²) in [6.45, 7) is 13.4. The Morgan fingerprint density at radius 3 is 2.19 bits per heavy atom. The van der Waals surface area contributed by atoms with Crippen LogP contribution in [0, 0.1) is 27.9 Å². The predicted molar refractivity (Wildman–Crippen MR) is 190 cm³/mol. The van der Waals surface area contributed by atoms with Crippen LogP contribution >= 0.6 is 0 Å². The molecule has 2 N–H and O–H groups in total. The summed E-state index contributed by atoms with van der Waals surface area (Å²) in [5.74, 6) is -2.17. The van der Waals surface area contributed by atoms with Gasteiger partial charge in [-0.25, -0.2) is 9.59 Å². The lowest BCUT2D eigenvalue weighted by Gasteiger charge is -2.55. The number of amides is 2. The van der Waals surface area contributed by atoms with Crippen molar-refractivity contribution in [1.29, 1.82) is 0 Å². The quantitative estimate of drug-likeness (QED) is 0.0746. The summed E-state index contributed by atoms with van der Waals surface area (Å²) < 4.78 is 13.6. The molecule has 272 valence electrons. The first-order valence-corrected chi connectivity index (χ1v) is 18.0. The van der Waals surface area contributed by atoms with Crippen molar-refractivity contribution in [2.75, 3.05) is 59.0 Å². The van der Waals surface area contributed by atoms with Crippen molar-refractivity contribution < 1.29 is 42.5 Å². The number of nitrogens with zero attached hydrogens (tertiary/aromatic N) is 4. The molecule has 0 aliphatic carbocycles. The number of nitrogens with two attached hydrogens (primary N) is 1. The first-order chi connectivity index (χ1) is 24.8. The lowest BCUT2D eigenvalue weighted by molar-refractivity contribution is -1.08. The number of nitro groups is 1. The Morgan fingerprint density at radius 2 is 1.56 bits per heavy atom. The van der Waals surface area contributed by atoms with Gasteiger partial charge in [-0.3, -0.25) is 19.7 Å². The van der Waals surface area contributed by atoms with Gasteiger partial charge >= 0.3 is 11.9 Å². The van der Waals surface area contributed by atoms with Gasteiger partial charge < -0.3 is 29.1 Å². The molecule has 4 fully saturated rings. The zero-order chi connectivity index (χ0) is 36.9. The second-order valence-corrected chi connectivity index (χ2v) is 15.3. The van der Waals surface area contributed by atoms with Gasteiger partial charge in [0.1, 0.15) is 57.3 Å². The topological polar surface area (TPSA) is 159 Å². The van der Waals surface area contributed by atoms with E-state index >= 15 is 0 Å². The van der Waals surface area contributed by atoms with Crippen LogP contribution in [0.25, 0.3) is 10.8 Å². The zero-order valence-electron chi connectivity index (χ0n) is 29.8. The highest BCUT2D eigenvalue weighted by atomic mass is 16.6. The SMILES string of the molecule is CC(C)[C@H]1C(=O)N2C(C(=O)OC(=O)c3ccc([N+](=O)[O-])cc3)=C(COc3cccc4c(CC[N+]56CC[N+](CC(N)=O)(CC5)CC6)cccc34)[C@H](C)[C@H]12. The van der Waals surface area contributed by atoms with Gasteiger partial charge in [-0.2, -0.15) is 0 Å². The van der Waals surface area contributed by atoms with Crippen molar-refractivity contribution in [1.82, 2.24) is 4.90 Å². The number of hydrogen-bond donors (Lipinski definition) is 1. The highest BCUT2D eigenvalue weighted by Gasteiger charge is 2.59. The minimum Gasteiger partial charge on any atom is -0.488 e. The van der Waals surface area contributed by atoms with Gasteiger partial charge in [-0.05, 0) is 35.1 Å². The van der Waals surface area contributed by atoms with Gasteiger partial charge in [-0.15, -0.1) is 0 Å². The number of carbonyl (C=O) groups is 4. The van der Waals surface area contributed by atoms with Crippen LogP contribution in [-0.4, -0.2) is 108 Å². The molecule has 13 nitrogen and oxygen atoms in total. The molecule has 8 rings (SSSR count). The summed E-state index contributed by atoms with van der Waals surface area (Å²) in [5.41, 5.74) is 7.16. The lowest BCUT2D eigenvalue weighted by Crippen LogP contribution is -2.76. The van der Waals surface area contributed by atoms with Crippen LogP contribution < -0.4 is 10.5 Å². The van der Waals surface area contributed by atoms with Gasteiger partial charge in [0, 0.05) is 35.4 Å². The summed E-state index contributed by atoms with van der Waals surface area (Å²) in [5, 5.41) is 13.1. The van der Waals surface area contributed by atoms with E-state index < -0.39 is 16.9 Å². The second-order valence-electron chi connectivity index (χ2n) is 15.3. The van der Waals surface area contributed by atoms with E-state index in [0.29, 0.717) is 17.9 Å². The highest BCUT2D eigenvalue weighted by Crippen LogP contribution is 2.49. The maximum Gasteiger partial charge on any atom is 0.363 e. The van der Waals surface area contributed by atoms with Gasteiger partial charge in [0.05, 0.1) is 29.0 Å². The Morgan fingerprint density at radius 1 is 0.923 bits per heavy atom. The molecular weight excluding hydrogens is 666 g/mol. The van der Waals surface area contributed by atoms with E-state index in [-0.39, 0.29) is 59.2 Å². The van der Waals surface area contributed by atoms with Crippen LogP contribution in [-0.2, 0) is 25.5 Å². The molecule has 0 saturated carbocycles. The molecule has 0 spiro atoms. The van der Waals surface area contributed by atoms with Crippen LogP contribution in [0.3, 0.4) is 0 Å². The van der Waals surface area contributed by atoms with E-state index in [9.17, 15) is 29.3 Å². The largest absolute Gasteiger partial charge is 0.488 e. The van der Waals surface area contributed by atoms with E-state index in [1.807, 2.05) is 45.0 Å². The van der Waals surface area contributed by atoms with Crippen molar-refractivity contribution in [2.45, 2.75) is 33.2 Å². The number of non-ortho nitro benzene ring substituents is 1. The number of nitro benzene ring substituents is 1. The van der Waals surface area contributed by atoms with Crippen molar-refractivity contribution in [2.24, 2.45) is 23.5 Å². The third kappa shape index (κ3) is 6.21. The number of hydrogen-bond acceptors (Lipinski definition) is 8. The number of rotatable bonds is 12. The molecule has 52 heavy (non-hydrogen) atoms. The molecule has 2 amide bonds. The predicted octanol–water partition coefficient (Wildman–Crippen LogP) is 3.59. The summed E-state index contributed by atoms with van der Waals surface area (Å²) >= 11 is 0. The molecular formula is C39H45N5O8+2. The number of β-lactam (4-membered cyclic amide) rings is 1. The van der Waals surface area contributed by atoms with Crippen molar-refractivity contribution in [3.63, 3.8) is 0 Å². The number of primary amides is 1.